The average molecular weight is 399 g/mol. The van der Waals surface area contributed by atoms with Gasteiger partial charge in [0.15, 0.2) is 5.76 Å². The standard InChI is InChI=1S/C21H19ClN2O4/c1-27-17-10-5-3-8-15(17)20(14-7-2-4-9-16(14)22)24-19(25)13-23-21(26)18-11-6-12-28-18/h2-12,20H,13H2,1H3,(H,23,26)(H,24,25). The fourth-order valence-corrected chi connectivity index (χ4v) is 3.05. The number of para-hydroxylation sites is 1. The lowest BCUT2D eigenvalue weighted by atomic mass is 9.97. The second-order valence-electron chi connectivity index (χ2n) is 5.92. The summed E-state index contributed by atoms with van der Waals surface area (Å²) in [5.41, 5.74) is 1.48. The molecule has 0 fully saturated rings. The molecule has 2 aromatic carbocycles. The molecular formula is C21H19ClN2O4. The predicted molar refractivity (Wildman–Crippen MR) is 105 cm³/mol. The Balaban J connectivity index is 1.80. The molecule has 2 N–H and O–H groups in total. The Bertz CT molecular complexity index is 957. The van der Waals surface area contributed by atoms with Gasteiger partial charge in [0.25, 0.3) is 5.91 Å². The highest BCUT2D eigenvalue weighted by atomic mass is 35.5. The number of benzene rings is 2. The van der Waals surface area contributed by atoms with E-state index < -0.39 is 11.9 Å². The number of methoxy groups -OCH3 is 1. The van der Waals surface area contributed by atoms with Gasteiger partial charge in [0, 0.05) is 10.6 Å². The maximum Gasteiger partial charge on any atom is 0.287 e. The molecular weight excluding hydrogens is 380 g/mol. The van der Waals surface area contributed by atoms with Crippen LogP contribution in [0.2, 0.25) is 5.02 Å². The number of furan rings is 1. The second-order valence-corrected chi connectivity index (χ2v) is 6.33. The van der Waals surface area contributed by atoms with Crippen LogP contribution in [0.1, 0.15) is 27.7 Å². The largest absolute Gasteiger partial charge is 0.496 e. The summed E-state index contributed by atoms with van der Waals surface area (Å²) in [6.07, 6.45) is 1.39. The van der Waals surface area contributed by atoms with Gasteiger partial charge in [-0.05, 0) is 29.8 Å². The number of hydrogen-bond acceptors (Lipinski definition) is 4. The normalized spacial score (nSPS) is 11.5. The first kappa shape index (κ1) is 19.5. The van der Waals surface area contributed by atoms with Gasteiger partial charge in [-0.3, -0.25) is 9.59 Å². The van der Waals surface area contributed by atoms with Gasteiger partial charge >= 0.3 is 0 Å². The van der Waals surface area contributed by atoms with Crippen molar-refractivity contribution in [1.82, 2.24) is 10.6 Å². The molecule has 2 amide bonds. The Labute approximate surface area is 167 Å². The first-order valence-electron chi connectivity index (χ1n) is 8.58. The monoisotopic (exact) mass is 398 g/mol. The van der Waals surface area contributed by atoms with Crippen LogP contribution in [0.25, 0.3) is 0 Å². The number of ether oxygens (including phenoxy) is 1. The van der Waals surface area contributed by atoms with Crippen molar-refractivity contribution in [3.05, 3.63) is 88.8 Å². The van der Waals surface area contributed by atoms with Gasteiger partial charge in [-0.1, -0.05) is 48.0 Å². The zero-order valence-corrected chi connectivity index (χ0v) is 15.9. The number of amides is 2. The highest BCUT2D eigenvalue weighted by Gasteiger charge is 2.22. The molecule has 0 bridgehead atoms. The molecule has 0 saturated carbocycles. The van der Waals surface area contributed by atoms with E-state index in [0.29, 0.717) is 10.8 Å². The highest BCUT2D eigenvalue weighted by molar-refractivity contribution is 6.31. The van der Waals surface area contributed by atoms with E-state index in [1.165, 1.54) is 12.3 Å². The SMILES string of the molecule is COc1ccccc1C(NC(=O)CNC(=O)c1ccco1)c1ccccc1Cl. The quantitative estimate of drug-likeness (QED) is 0.637. The first-order valence-corrected chi connectivity index (χ1v) is 8.96. The van der Waals surface area contributed by atoms with Crippen molar-refractivity contribution < 1.29 is 18.7 Å². The van der Waals surface area contributed by atoms with Gasteiger partial charge in [0.1, 0.15) is 5.75 Å². The lowest BCUT2D eigenvalue weighted by Crippen LogP contribution is -2.39. The average Bonchev–Trinajstić information content (AvgIpc) is 3.26. The summed E-state index contributed by atoms with van der Waals surface area (Å²) >= 11 is 6.37. The minimum atomic E-state index is -0.544. The Morgan fingerprint density at radius 1 is 1.04 bits per heavy atom. The smallest absolute Gasteiger partial charge is 0.287 e. The molecule has 0 spiro atoms. The number of hydrogen-bond donors (Lipinski definition) is 2. The van der Waals surface area contributed by atoms with Crippen molar-refractivity contribution in [2.24, 2.45) is 0 Å². The molecule has 0 aliphatic rings. The third kappa shape index (κ3) is 4.53. The Hall–Kier alpha value is -3.25. The molecule has 0 radical (unpaired) electrons. The summed E-state index contributed by atoms with van der Waals surface area (Å²) in [7, 11) is 1.56. The molecule has 3 aromatic rings. The molecule has 1 unspecified atom stereocenters. The molecule has 0 saturated heterocycles. The van der Waals surface area contributed by atoms with Gasteiger partial charge in [-0.2, -0.15) is 0 Å². The summed E-state index contributed by atoms with van der Waals surface area (Å²) in [5.74, 6) is -0.0880. The Morgan fingerprint density at radius 2 is 1.75 bits per heavy atom. The van der Waals surface area contributed by atoms with Crippen LogP contribution >= 0.6 is 11.6 Å². The van der Waals surface area contributed by atoms with Crippen molar-refractivity contribution in [3.63, 3.8) is 0 Å². The van der Waals surface area contributed by atoms with Crippen molar-refractivity contribution in [2.75, 3.05) is 13.7 Å². The zero-order valence-electron chi connectivity index (χ0n) is 15.1. The van der Waals surface area contributed by atoms with Crippen molar-refractivity contribution in [3.8, 4) is 5.75 Å². The zero-order chi connectivity index (χ0) is 19.9. The van der Waals surface area contributed by atoms with Gasteiger partial charge in [-0.25, -0.2) is 0 Å². The highest BCUT2D eigenvalue weighted by Crippen LogP contribution is 2.33. The van der Waals surface area contributed by atoms with Crippen molar-refractivity contribution >= 4 is 23.4 Å². The van der Waals surface area contributed by atoms with Crippen LogP contribution in [-0.4, -0.2) is 25.5 Å². The van der Waals surface area contributed by atoms with E-state index in [2.05, 4.69) is 10.6 Å². The van der Waals surface area contributed by atoms with Crippen LogP contribution < -0.4 is 15.4 Å². The molecule has 6 nitrogen and oxygen atoms in total. The van der Waals surface area contributed by atoms with E-state index in [0.717, 1.165) is 11.1 Å². The Kier molecular flexibility index (Phi) is 6.34. The van der Waals surface area contributed by atoms with E-state index in [-0.39, 0.29) is 18.2 Å². The minimum absolute atomic E-state index is 0.139. The molecule has 144 valence electrons. The number of nitrogens with one attached hydrogen (secondary N) is 2. The maximum atomic E-state index is 12.5. The van der Waals surface area contributed by atoms with Gasteiger partial charge in [0.05, 0.1) is 26.0 Å². The van der Waals surface area contributed by atoms with E-state index in [1.54, 1.807) is 19.2 Å². The second kappa shape index (κ2) is 9.10. The predicted octanol–water partition coefficient (Wildman–Crippen LogP) is 3.58. The first-order chi connectivity index (χ1) is 13.6. The van der Waals surface area contributed by atoms with Crippen LogP contribution in [0.3, 0.4) is 0 Å². The fourth-order valence-electron chi connectivity index (χ4n) is 2.80. The summed E-state index contributed by atoms with van der Waals surface area (Å²) in [6.45, 7) is -0.213. The van der Waals surface area contributed by atoms with Crippen LogP contribution in [0, 0.1) is 0 Å². The summed E-state index contributed by atoms with van der Waals surface area (Å²) in [6, 6.07) is 17.2. The molecule has 28 heavy (non-hydrogen) atoms. The molecule has 1 atom stereocenters. The molecule has 7 heteroatoms. The summed E-state index contributed by atoms with van der Waals surface area (Å²) < 4.78 is 10.5. The maximum absolute atomic E-state index is 12.5. The van der Waals surface area contributed by atoms with Crippen LogP contribution in [0.15, 0.2) is 71.3 Å². The van der Waals surface area contributed by atoms with Gasteiger partial charge in [-0.15, -0.1) is 0 Å². The third-order valence-corrected chi connectivity index (χ3v) is 4.47. The Morgan fingerprint density at radius 3 is 2.43 bits per heavy atom. The van der Waals surface area contributed by atoms with Crippen LogP contribution in [0.4, 0.5) is 0 Å². The molecule has 1 aromatic heterocycles. The van der Waals surface area contributed by atoms with Crippen molar-refractivity contribution in [2.45, 2.75) is 6.04 Å². The molecule has 0 aliphatic heterocycles. The molecule has 3 rings (SSSR count). The molecule has 1 heterocycles. The summed E-state index contributed by atoms with van der Waals surface area (Å²) in [5, 5.41) is 5.96. The van der Waals surface area contributed by atoms with E-state index >= 15 is 0 Å². The van der Waals surface area contributed by atoms with Gasteiger partial charge < -0.3 is 19.8 Å². The van der Waals surface area contributed by atoms with Gasteiger partial charge in [0.2, 0.25) is 5.91 Å². The van der Waals surface area contributed by atoms with Crippen LogP contribution in [0.5, 0.6) is 5.75 Å². The lowest BCUT2D eigenvalue weighted by Gasteiger charge is -2.23. The van der Waals surface area contributed by atoms with E-state index in [1.807, 2.05) is 42.5 Å². The van der Waals surface area contributed by atoms with E-state index in [9.17, 15) is 9.59 Å². The third-order valence-electron chi connectivity index (χ3n) is 4.13. The fraction of sp³-hybridized carbons (Fsp3) is 0.143. The minimum Gasteiger partial charge on any atom is -0.496 e. The topological polar surface area (TPSA) is 80.6 Å². The van der Waals surface area contributed by atoms with E-state index in [4.69, 9.17) is 20.8 Å². The summed E-state index contributed by atoms with van der Waals surface area (Å²) in [4.78, 5) is 24.5. The lowest BCUT2D eigenvalue weighted by molar-refractivity contribution is -0.120. The number of carbonyl (C=O) groups excluding carboxylic acids is 2. The number of halogens is 1. The number of rotatable bonds is 7. The van der Waals surface area contributed by atoms with Crippen LogP contribution in [-0.2, 0) is 4.79 Å². The number of carbonyl (C=O) groups is 2. The molecule has 0 aliphatic carbocycles. The van der Waals surface area contributed by atoms with Crippen molar-refractivity contribution in [1.29, 1.82) is 0 Å².